The molecule has 0 aromatic carbocycles. The fourth-order valence-electron chi connectivity index (χ4n) is 2.49. The van der Waals surface area contributed by atoms with Crippen molar-refractivity contribution in [2.45, 2.75) is 58.5 Å². The zero-order chi connectivity index (χ0) is 12.2. The quantitative estimate of drug-likeness (QED) is 0.786. The van der Waals surface area contributed by atoms with Crippen LogP contribution in [0.3, 0.4) is 0 Å². The van der Waals surface area contributed by atoms with E-state index in [4.69, 9.17) is 4.74 Å². The molecule has 3 nitrogen and oxygen atoms in total. The molecule has 0 spiro atoms. The number of hydrogen-bond donors (Lipinski definition) is 1. The van der Waals surface area contributed by atoms with Crippen molar-refractivity contribution in [2.24, 2.45) is 11.8 Å². The Morgan fingerprint density at radius 3 is 2.38 bits per heavy atom. The zero-order valence-electron chi connectivity index (χ0n) is 10.7. The Morgan fingerprint density at radius 1 is 1.44 bits per heavy atom. The molecule has 16 heavy (non-hydrogen) atoms. The molecule has 1 aliphatic carbocycles. The second kappa shape index (κ2) is 5.67. The molecule has 1 fully saturated rings. The van der Waals surface area contributed by atoms with Gasteiger partial charge in [0.2, 0.25) is 0 Å². The van der Waals surface area contributed by atoms with Crippen molar-refractivity contribution in [3.63, 3.8) is 0 Å². The molecule has 0 radical (unpaired) electrons. The van der Waals surface area contributed by atoms with Crippen LogP contribution in [0.4, 0.5) is 0 Å². The Labute approximate surface area is 98.2 Å². The lowest BCUT2D eigenvalue weighted by atomic mass is 9.74. The van der Waals surface area contributed by atoms with Crippen LogP contribution in [-0.4, -0.2) is 23.3 Å². The van der Waals surface area contributed by atoms with E-state index in [1.54, 1.807) is 0 Å². The SMILES string of the molecule is CCCOC1(C(=O)O)CCC(C(C)C)CC1. The molecule has 0 bridgehead atoms. The fourth-order valence-corrected chi connectivity index (χ4v) is 2.49. The Morgan fingerprint density at radius 2 is 2.00 bits per heavy atom. The molecular weight excluding hydrogens is 204 g/mol. The highest BCUT2D eigenvalue weighted by Crippen LogP contribution is 2.38. The normalized spacial score (nSPS) is 30.6. The summed E-state index contributed by atoms with van der Waals surface area (Å²) in [7, 11) is 0. The van der Waals surface area contributed by atoms with E-state index >= 15 is 0 Å². The average molecular weight is 228 g/mol. The summed E-state index contributed by atoms with van der Waals surface area (Å²) in [5.41, 5.74) is -0.888. The number of carbonyl (C=O) groups is 1. The molecule has 1 rings (SSSR count). The summed E-state index contributed by atoms with van der Waals surface area (Å²) in [6.45, 7) is 6.99. The molecule has 0 aromatic rings. The Bertz CT molecular complexity index is 227. The molecule has 1 aliphatic rings. The summed E-state index contributed by atoms with van der Waals surface area (Å²) in [5, 5.41) is 9.32. The van der Waals surface area contributed by atoms with Gasteiger partial charge in [-0.2, -0.15) is 0 Å². The molecule has 0 aliphatic heterocycles. The van der Waals surface area contributed by atoms with E-state index in [0.717, 1.165) is 19.3 Å². The average Bonchev–Trinajstić information content (AvgIpc) is 2.26. The van der Waals surface area contributed by atoms with Gasteiger partial charge < -0.3 is 9.84 Å². The van der Waals surface area contributed by atoms with Gasteiger partial charge in [0, 0.05) is 6.61 Å². The maximum atomic E-state index is 11.3. The van der Waals surface area contributed by atoms with E-state index < -0.39 is 11.6 Å². The summed E-state index contributed by atoms with van der Waals surface area (Å²) in [4.78, 5) is 11.3. The summed E-state index contributed by atoms with van der Waals surface area (Å²) >= 11 is 0. The van der Waals surface area contributed by atoms with Crippen LogP contribution in [0.5, 0.6) is 0 Å². The molecule has 0 unspecified atom stereocenters. The first-order valence-electron chi connectivity index (χ1n) is 6.39. The van der Waals surface area contributed by atoms with Crippen LogP contribution in [0.15, 0.2) is 0 Å². The van der Waals surface area contributed by atoms with Gasteiger partial charge in [0.05, 0.1) is 0 Å². The Balaban J connectivity index is 2.59. The number of aliphatic carboxylic acids is 1. The highest BCUT2D eigenvalue weighted by Gasteiger charge is 2.43. The fraction of sp³-hybridized carbons (Fsp3) is 0.923. The van der Waals surface area contributed by atoms with Crippen LogP contribution in [0.25, 0.3) is 0 Å². The predicted molar refractivity (Wildman–Crippen MR) is 63.4 cm³/mol. The minimum absolute atomic E-state index is 0.554. The van der Waals surface area contributed by atoms with Crippen LogP contribution in [0.2, 0.25) is 0 Å². The molecule has 0 atom stereocenters. The van der Waals surface area contributed by atoms with Crippen molar-refractivity contribution in [3.05, 3.63) is 0 Å². The van der Waals surface area contributed by atoms with E-state index in [1.165, 1.54) is 0 Å². The predicted octanol–water partition coefficient (Wildman–Crippen LogP) is 3.08. The molecule has 0 saturated heterocycles. The molecule has 1 N–H and O–H groups in total. The van der Waals surface area contributed by atoms with Crippen LogP contribution >= 0.6 is 0 Å². The maximum Gasteiger partial charge on any atom is 0.335 e. The first-order valence-corrected chi connectivity index (χ1v) is 6.39. The van der Waals surface area contributed by atoms with Crippen LogP contribution in [0, 0.1) is 11.8 Å². The minimum Gasteiger partial charge on any atom is -0.479 e. The van der Waals surface area contributed by atoms with Crippen molar-refractivity contribution in [2.75, 3.05) is 6.61 Å². The first-order chi connectivity index (χ1) is 7.52. The maximum absolute atomic E-state index is 11.3. The third-order valence-electron chi connectivity index (χ3n) is 3.75. The van der Waals surface area contributed by atoms with Gasteiger partial charge in [-0.3, -0.25) is 0 Å². The van der Waals surface area contributed by atoms with Gasteiger partial charge >= 0.3 is 5.97 Å². The van der Waals surface area contributed by atoms with Gasteiger partial charge in [0.25, 0.3) is 0 Å². The highest BCUT2D eigenvalue weighted by atomic mass is 16.5. The van der Waals surface area contributed by atoms with Crippen LogP contribution in [0.1, 0.15) is 52.9 Å². The number of hydrogen-bond acceptors (Lipinski definition) is 2. The van der Waals surface area contributed by atoms with Crippen molar-refractivity contribution >= 4 is 5.97 Å². The summed E-state index contributed by atoms with van der Waals surface area (Å²) < 4.78 is 5.61. The number of rotatable bonds is 5. The van der Waals surface area contributed by atoms with Crippen LogP contribution < -0.4 is 0 Å². The Hall–Kier alpha value is -0.570. The van der Waals surface area contributed by atoms with E-state index in [1.807, 2.05) is 6.92 Å². The molecule has 1 saturated carbocycles. The van der Waals surface area contributed by atoms with Gasteiger partial charge in [0.15, 0.2) is 5.60 Å². The highest BCUT2D eigenvalue weighted by molar-refractivity contribution is 5.77. The van der Waals surface area contributed by atoms with Gasteiger partial charge in [-0.1, -0.05) is 20.8 Å². The van der Waals surface area contributed by atoms with Gasteiger partial charge in [-0.15, -0.1) is 0 Å². The van der Waals surface area contributed by atoms with E-state index in [0.29, 0.717) is 31.3 Å². The largest absolute Gasteiger partial charge is 0.479 e. The minimum atomic E-state index is -0.888. The monoisotopic (exact) mass is 228 g/mol. The van der Waals surface area contributed by atoms with Crippen molar-refractivity contribution in [1.82, 2.24) is 0 Å². The molecule has 94 valence electrons. The topological polar surface area (TPSA) is 46.5 Å². The van der Waals surface area contributed by atoms with Crippen molar-refractivity contribution in [1.29, 1.82) is 0 Å². The van der Waals surface area contributed by atoms with Gasteiger partial charge in [0.1, 0.15) is 0 Å². The number of ether oxygens (including phenoxy) is 1. The van der Waals surface area contributed by atoms with E-state index in [-0.39, 0.29) is 0 Å². The number of carboxylic acids is 1. The second-order valence-electron chi connectivity index (χ2n) is 5.23. The lowest BCUT2D eigenvalue weighted by Crippen LogP contribution is -2.45. The molecule has 0 amide bonds. The standard InChI is InChI=1S/C13H24O3/c1-4-9-16-13(12(14)15)7-5-11(6-8-13)10(2)3/h10-11H,4-9H2,1-3H3,(H,14,15). The summed E-state index contributed by atoms with van der Waals surface area (Å²) in [6, 6.07) is 0. The molecule has 0 aromatic heterocycles. The zero-order valence-corrected chi connectivity index (χ0v) is 10.7. The van der Waals surface area contributed by atoms with Crippen molar-refractivity contribution in [3.8, 4) is 0 Å². The first kappa shape index (κ1) is 13.5. The van der Waals surface area contributed by atoms with Gasteiger partial charge in [-0.05, 0) is 43.9 Å². The van der Waals surface area contributed by atoms with E-state index in [2.05, 4.69) is 13.8 Å². The smallest absolute Gasteiger partial charge is 0.335 e. The van der Waals surface area contributed by atoms with Crippen LogP contribution in [-0.2, 0) is 9.53 Å². The number of carboxylic acid groups (broad SMARTS) is 1. The summed E-state index contributed by atoms with van der Waals surface area (Å²) in [6.07, 6.45) is 4.18. The second-order valence-corrected chi connectivity index (χ2v) is 5.23. The third-order valence-corrected chi connectivity index (χ3v) is 3.75. The molecular formula is C13H24O3. The van der Waals surface area contributed by atoms with Gasteiger partial charge in [-0.25, -0.2) is 4.79 Å². The van der Waals surface area contributed by atoms with E-state index in [9.17, 15) is 9.90 Å². The molecule has 3 heteroatoms. The molecule has 0 heterocycles. The Kier molecular flexibility index (Phi) is 4.78. The van der Waals surface area contributed by atoms with Crippen molar-refractivity contribution < 1.29 is 14.6 Å². The third kappa shape index (κ3) is 2.97. The lowest BCUT2D eigenvalue weighted by molar-refractivity contribution is -0.172. The summed E-state index contributed by atoms with van der Waals surface area (Å²) in [5.74, 6) is 0.541. The lowest BCUT2D eigenvalue weighted by Gasteiger charge is -2.38.